The molecule has 4 nitrogen and oxygen atoms in total. The van der Waals surface area contributed by atoms with Gasteiger partial charge in [-0.3, -0.25) is 5.01 Å². The minimum absolute atomic E-state index is 0.0348. The Morgan fingerprint density at radius 2 is 2.29 bits per heavy atom. The fourth-order valence-corrected chi connectivity index (χ4v) is 4.23. The van der Waals surface area contributed by atoms with Crippen LogP contribution in [0.1, 0.15) is 23.1 Å². The van der Waals surface area contributed by atoms with Crippen molar-refractivity contribution in [3.8, 4) is 6.07 Å². The Morgan fingerprint density at radius 1 is 1.52 bits per heavy atom. The number of fused-ring (bicyclic) bond motifs is 1. The molecule has 3 atom stereocenters. The zero-order valence-electron chi connectivity index (χ0n) is 11.8. The Balaban J connectivity index is 2.03. The van der Waals surface area contributed by atoms with E-state index in [-0.39, 0.29) is 6.10 Å². The van der Waals surface area contributed by atoms with Crippen molar-refractivity contribution in [3.05, 3.63) is 33.8 Å². The highest BCUT2D eigenvalue weighted by atomic mass is 127. The Morgan fingerprint density at radius 3 is 2.95 bits per heavy atom. The van der Waals surface area contributed by atoms with Crippen LogP contribution >= 0.6 is 34.2 Å². The van der Waals surface area contributed by atoms with E-state index in [1.165, 1.54) is 0 Å². The van der Waals surface area contributed by atoms with Crippen LogP contribution in [0.2, 0.25) is 5.02 Å². The summed E-state index contributed by atoms with van der Waals surface area (Å²) in [4.78, 5) is 0. The van der Waals surface area contributed by atoms with Crippen LogP contribution in [0.4, 0.5) is 0 Å². The molecule has 1 saturated heterocycles. The van der Waals surface area contributed by atoms with Crippen LogP contribution in [0, 0.1) is 18.3 Å². The molecule has 2 heterocycles. The minimum atomic E-state index is -0.0348. The molecule has 110 valence electrons. The summed E-state index contributed by atoms with van der Waals surface area (Å²) in [5.41, 5.74) is 3.29. The predicted octanol–water partition coefficient (Wildman–Crippen LogP) is 3.13. The van der Waals surface area contributed by atoms with Gasteiger partial charge in [0.25, 0.3) is 0 Å². The van der Waals surface area contributed by atoms with E-state index in [2.05, 4.69) is 33.7 Å². The Kier molecular flexibility index (Phi) is 4.12. The molecule has 1 aromatic carbocycles. The normalized spacial score (nSPS) is 27.5. The van der Waals surface area contributed by atoms with Gasteiger partial charge in [0, 0.05) is 23.1 Å². The molecule has 2 aliphatic heterocycles. The molecule has 2 aliphatic rings. The maximum atomic E-state index is 9.06. The lowest BCUT2D eigenvalue weighted by Crippen LogP contribution is -2.35. The number of alkyl halides is 1. The fraction of sp³-hybridized carbons (Fsp3) is 0.467. The third kappa shape index (κ3) is 2.43. The van der Waals surface area contributed by atoms with Gasteiger partial charge < -0.3 is 4.74 Å². The Labute approximate surface area is 142 Å². The lowest BCUT2D eigenvalue weighted by molar-refractivity contribution is 0.0987. The molecule has 0 unspecified atom stereocenters. The van der Waals surface area contributed by atoms with Gasteiger partial charge in [0.2, 0.25) is 0 Å². The summed E-state index contributed by atoms with van der Waals surface area (Å²) in [5.74, 6) is 0. The van der Waals surface area contributed by atoms with Gasteiger partial charge >= 0.3 is 0 Å². The van der Waals surface area contributed by atoms with Gasteiger partial charge in [-0.2, -0.15) is 10.4 Å². The molecule has 0 radical (unpaired) electrons. The minimum Gasteiger partial charge on any atom is -0.373 e. The largest absolute Gasteiger partial charge is 0.373 e. The summed E-state index contributed by atoms with van der Waals surface area (Å²) in [6.07, 6.45) is 1.04. The topological polar surface area (TPSA) is 48.6 Å². The zero-order valence-corrected chi connectivity index (χ0v) is 14.7. The van der Waals surface area contributed by atoms with E-state index >= 15 is 0 Å². The van der Waals surface area contributed by atoms with Crippen LogP contribution in [0.25, 0.3) is 0 Å². The van der Waals surface area contributed by atoms with Crippen LogP contribution in [-0.4, -0.2) is 40.4 Å². The van der Waals surface area contributed by atoms with Crippen molar-refractivity contribution >= 4 is 39.9 Å². The number of nitriles is 1. The maximum Gasteiger partial charge on any atom is 0.123 e. The van der Waals surface area contributed by atoms with Crippen LogP contribution < -0.4 is 0 Å². The molecule has 1 fully saturated rings. The average Bonchev–Trinajstić information content (AvgIpc) is 2.97. The fourth-order valence-electron chi connectivity index (χ4n) is 3.09. The van der Waals surface area contributed by atoms with E-state index < -0.39 is 0 Å². The van der Waals surface area contributed by atoms with Crippen molar-refractivity contribution < 1.29 is 4.74 Å². The van der Waals surface area contributed by atoms with E-state index in [1.807, 2.05) is 13.0 Å². The SMILES string of the molecule is CO[C@@H]1C(c2ccc(C#N)c(Cl)c2C)=NN2C[C@H](I)C[C@@H]12. The molecule has 3 rings (SSSR count). The molecule has 0 N–H and O–H groups in total. The lowest BCUT2D eigenvalue weighted by atomic mass is 9.95. The number of benzene rings is 1. The van der Waals surface area contributed by atoms with Gasteiger partial charge in [0.05, 0.1) is 22.3 Å². The number of halogens is 2. The first-order valence-corrected chi connectivity index (χ1v) is 8.40. The molecule has 0 aromatic heterocycles. The second-order valence-corrected chi connectivity index (χ2v) is 7.51. The van der Waals surface area contributed by atoms with Crippen molar-refractivity contribution in [2.45, 2.75) is 29.4 Å². The molecule has 0 saturated carbocycles. The van der Waals surface area contributed by atoms with Crippen molar-refractivity contribution in [1.82, 2.24) is 5.01 Å². The number of rotatable bonds is 2. The first-order chi connectivity index (χ1) is 10.1. The molecule has 0 spiro atoms. The zero-order chi connectivity index (χ0) is 15.1. The molecule has 0 bridgehead atoms. The van der Waals surface area contributed by atoms with Crippen LogP contribution in [-0.2, 0) is 4.74 Å². The molecular formula is C15H15ClIN3O. The van der Waals surface area contributed by atoms with E-state index in [4.69, 9.17) is 26.7 Å². The van der Waals surface area contributed by atoms with Crippen LogP contribution in [0.15, 0.2) is 17.2 Å². The first-order valence-electron chi connectivity index (χ1n) is 6.78. The first kappa shape index (κ1) is 15.1. The smallest absolute Gasteiger partial charge is 0.123 e. The summed E-state index contributed by atoms with van der Waals surface area (Å²) in [6.45, 7) is 2.88. The summed E-state index contributed by atoms with van der Waals surface area (Å²) in [5, 5.41) is 16.5. The van der Waals surface area contributed by atoms with Gasteiger partial charge in [-0.1, -0.05) is 40.3 Å². The van der Waals surface area contributed by atoms with Crippen molar-refractivity contribution in [2.24, 2.45) is 5.10 Å². The number of ether oxygens (including phenoxy) is 1. The number of methoxy groups -OCH3 is 1. The summed E-state index contributed by atoms with van der Waals surface area (Å²) >= 11 is 8.74. The van der Waals surface area contributed by atoms with Gasteiger partial charge in [-0.05, 0) is 25.0 Å². The highest BCUT2D eigenvalue weighted by Crippen LogP contribution is 2.35. The van der Waals surface area contributed by atoms with Crippen molar-refractivity contribution in [2.75, 3.05) is 13.7 Å². The highest BCUT2D eigenvalue weighted by Gasteiger charge is 2.44. The highest BCUT2D eigenvalue weighted by molar-refractivity contribution is 14.1. The summed E-state index contributed by atoms with van der Waals surface area (Å²) in [7, 11) is 1.73. The third-order valence-electron chi connectivity index (χ3n) is 4.16. The monoisotopic (exact) mass is 415 g/mol. The Bertz CT molecular complexity index is 655. The van der Waals surface area contributed by atoms with Gasteiger partial charge in [-0.15, -0.1) is 0 Å². The Hall–Kier alpha value is -0.840. The second kappa shape index (κ2) is 5.75. The molecule has 1 aromatic rings. The van der Waals surface area contributed by atoms with Gasteiger partial charge in [0.1, 0.15) is 12.2 Å². The maximum absolute atomic E-state index is 9.06. The van der Waals surface area contributed by atoms with Gasteiger partial charge in [-0.25, -0.2) is 0 Å². The number of hydrogen-bond donors (Lipinski definition) is 0. The molecule has 0 amide bonds. The van der Waals surface area contributed by atoms with Crippen molar-refractivity contribution in [1.29, 1.82) is 5.26 Å². The van der Waals surface area contributed by atoms with Gasteiger partial charge in [0.15, 0.2) is 0 Å². The van der Waals surface area contributed by atoms with Crippen molar-refractivity contribution in [3.63, 3.8) is 0 Å². The van der Waals surface area contributed by atoms with E-state index in [0.29, 0.717) is 20.6 Å². The number of hydrazone groups is 1. The van der Waals surface area contributed by atoms with Crippen LogP contribution in [0.5, 0.6) is 0 Å². The lowest BCUT2D eigenvalue weighted by Gasteiger charge is -2.20. The molecule has 21 heavy (non-hydrogen) atoms. The number of nitrogens with zero attached hydrogens (tertiary/aromatic N) is 3. The van der Waals surface area contributed by atoms with E-state index in [0.717, 1.165) is 29.8 Å². The summed E-state index contributed by atoms with van der Waals surface area (Å²) < 4.78 is 6.32. The standard InChI is InChI=1S/C15H15ClIN3O/c1-8-11(4-3-9(6-18)13(8)16)14-15(21-2)12-5-10(17)7-20(12)19-14/h3-4,10,12,15H,5,7H2,1-2H3/t10-,12+,15+/m1/s1. The van der Waals surface area contributed by atoms with E-state index in [9.17, 15) is 0 Å². The molecular weight excluding hydrogens is 401 g/mol. The number of hydrogen-bond acceptors (Lipinski definition) is 4. The quantitative estimate of drug-likeness (QED) is 0.551. The third-order valence-corrected chi connectivity index (χ3v) is 5.55. The molecule has 0 aliphatic carbocycles. The molecule has 6 heteroatoms. The second-order valence-electron chi connectivity index (χ2n) is 5.38. The summed E-state index contributed by atoms with van der Waals surface area (Å²) in [6, 6.07) is 6.10. The average molecular weight is 416 g/mol. The van der Waals surface area contributed by atoms with Crippen LogP contribution in [0.3, 0.4) is 0 Å². The predicted molar refractivity (Wildman–Crippen MR) is 91.2 cm³/mol. The van der Waals surface area contributed by atoms with E-state index in [1.54, 1.807) is 13.2 Å².